The van der Waals surface area contributed by atoms with E-state index in [-0.39, 0.29) is 29.5 Å². The van der Waals surface area contributed by atoms with Crippen molar-refractivity contribution in [3.8, 4) is 6.07 Å². The van der Waals surface area contributed by atoms with E-state index in [4.69, 9.17) is 0 Å². The zero-order valence-corrected chi connectivity index (χ0v) is 18.3. The second-order valence-electron chi connectivity index (χ2n) is 9.15. The first-order valence-electron chi connectivity index (χ1n) is 11.2. The minimum atomic E-state index is -4.81. The molecule has 174 valence electrons. The van der Waals surface area contributed by atoms with Gasteiger partial charge in [0.2, 0.25) is 0 Å². The van der Waals surface area contributed by atoms with Crippen LogP contribution in [0.2, 0.25) is 0 Å². The number of aromatic nitrogens is 1. The fourth-order valence-electron chi connectivity index (χ4n) is 4.74. The number of aliphatic hydroxyl groups is 1. The number of amides is 1. The molecule has 2 aliphatic rings. The Balaban J connectivity index is 1.48. The van der Waals surface area contributed by atoms with Gasteiger partial charge in [0.25, 0.3) is 5.91 Å². The molecule has 2 aromatic rings. The quantitative estimate of drug-likeness (QED) is 0.681. The SMILES string of the molecule is C[C@](O)(c1ccc(C(=O)N(C2CCC(c3cccnc3C#N)CC2)C2CC2)cc1)C(F)(F)F. The smallest absolute Gasteiger partial charge is 0.376 e. The first-order valence-corrected chi connectivity index (χ1v) is 11.2. The van der Waals surface area contributed by atoms with Gasteiger partial charge in [-0.1, -0.05) is 18.2 Å². The summed E-state index contributed by atoms with van der Waals surface area (Å²) in [5.74, 6) is 0.0443. The van der Waals surface area contributed by atoms with Crippen molar-refractivity contribution in [3.05, 3.63) is 65.0 Å². The summed E-state index contributed by atoms with van der Waals surface area (Å²) in [7, 11) is 0. The molecule has 8 heteroatoms. The van der Waals surface area contributed by atoms with E-state index in [0.717, 1.165) is 44.1 Å². The van der Waals surface area contributed by atoms with E-state index in [2.05, 4.69) is 11.1 Å². The Labute approximate surface area is 190 Å². The highest BCUT2D eigenvalue weighted by atomic mass is 19.4. The van der Waals surface area contributed by atoms with Gasteiger partial charge >= 0.3 is 6.18 Å². The Hall–Kier alpha value is -2.92. The van der Waals surface area contributed by atoms with Gasteiger partial charge in [-0.3, -0.25) is 4.79 Å². The van der Waals surface area contributed by atoms with Crippen LogP contribution in [0.4, 0.5) is 13.2 Å². The number of pyridine rings is 1. The van der Waals surface area contributed by atoms with E-state index >= 15 is 0 Å². The van der Waals surface area contributed by atoms with Crippen LogP contribution in [0.15, 0.2) is 42.6 Å². The number of hydrogen-bond donors (Lipinski definition) is 1. The van der Waals surface area contributed by atoms with Crippen LogP contribution in [0.3, 0.4) is 0 Å². The number of nitriles is 1. The number of alkyl halides is 3. The topological polar surface area (TPSA) is 77.2 Å². The van der Waals surface area contributed by atoms with Crippen molar-refractivity contribution < 1.29 is 23.1 Å². The standard InChI is InChI=1S/C25H26F3N3O2/c1-24(33,25(26,27)28)18-8-4-17(5-9-18)23(32)31(20-12-13-20)19-10-6-16(7-11-19)21-3-2-14-30-22(21)15-29/h2-5,8-9,14,16,19-20,33H,6-7,10-13H2,1H3/t16?,19?,24-/m0/s1. The molecule has 2 fully saturated rings. The molecule has 1 amide bonds. The maximum atomic E-state index is 13.3. The van der Waals surface area contributed by atoms with Crippen LogP contribution in [0.25, 0.3) is 0 Å². The van der Waals surface area contributed by atoms with E-state index < -0.39 is 11.8 Å². The van der Waals surface area contributed by atoms with Crippen LogP contribution in [-0.2, 0) is 5.60 Å². The normalized spacial score (nSPS) is 22.8. The molecule has 0 saturated heterocycles. The summed E-state index contributed by atoms with van der Waals surface area (Å²) in [5, 5.41) is 19.2. The largest absolute Gasteiger partial charge is 0.421 e. The zero-order valence-electron chi connectivity index (χ0n) is 18.3. The Morgan fingerprint density at radius 1 is 1.06 bits per heavy atom. The third-order valence-corrected chi connectivity index (χ3v) is 6.90. The molecular weight excluding hydrogens is 431 g/mol. The molecule has 2 saturated carbocycles. The minimum Gasteiger partial charge on any atom is -0.376 e. The van der Waals surface area contributed by atoms with Crippen molar-refractivity contribution in [3.63, 3.8) is 0 Å². The lowest BCUT2D eigenvalue weighted by Crippen LogP contribution is -2.44. The van der Waals surface area contributed by atoms with Gasteiger partial charge in [-0.05, 0) is 80.7 Å². The van der Waals surface area contributed by atoms with Gasteiger partial charge in [-0.25, -0.2) is 4.98 Å². The van der Waals surface area contributed by atoms with E-state index in [1.165, 1.54) is 24.3 Å². The predicted octanol–water partition coefficient (Wildman–Crippen LogP) is 5.05. The summed E-state index contributed by atoms with van der Waals surface area (Å²) in [6.45, 7) is 0.707. The van der Waals surface area contributed by atoms with Crippen molar-refractivity contribution in [2.24, 2.45) is 0 Å². The van der Waals surface area contributed by atoms with E-state index in [0.29, 0.717) is 18.2 Å². The van der Waals surface area contributed by atoms with Gasteiger partial charge in [0, 0.05) is 23.8 Å². The molecule has 4 rings (SSSR count). The molecule has 2 aliphatic carbocycles. The lowest BCUT2D eigenvalue weighted by Gasteiger charge is -2.37. The molecule has 5 nitrogen and oxygen atoms in total. The van der Waals surface area contributed by atoms with Gasteiger partial charge < -0.3 is 10.0 Å². The lowest BCUT2D eigenvalue weighted by atomic mass is 9.80. The second kappa shape index (κ2) is 8.79. The fraction of sp³-hybridized carbons (Fsp3) is 0.480. The summed E-state index contributed by atoms with van der Waals surface area (Å²) >= 11 is 0. The number of carbonyl (C=O) groups excluding carboxylic acids is 1. The van der Waals surface area contributed by atoms with E-state index in [1.54, 1.807) is 6.20 Å². The molecule has 0 unspecified atom stereocenters. The first kappa shape index (κ1) is 23.2. The maximum Gasteiger partial charge on any atom is 0.421 e. The van der Waals surface area contributed by atoms with Gasteiger partial charge in [-0.2, -0.15) is 18.4 Å². The lowest BCUT2D eigenvalue weighted by molar-refractivity contribution is -0.258. The number of carbonyl (C=O) groups is 1. The summed E-state index contributed by atoms with van der Waals surface area (Å²) in [5.41, 5.74) is -1.54. The third kappa shape index (κ3) is 4.60. The summed E-state index contributed by atoms with van der Waals surface area (Å²) in [6, 6.07) is 11.2. The maximum absolute atomic E-state index is 13.3. The molecule has 0 spiro atoms. The highest BCUT2D eigenvalue weighted by Gasteiger charge is 2.51. The summed E-state index contributed by atoms with van der Waals surface area (Å²) in [4.78, 5) is 19.4. The first-order chi connectivity index (χ1) is 15.6. The van der Waals surface area contributed by atoms with Crippen LogP contribution < -0.4 is 0 Å². The molecular formula is C25H26F3N3O2. The van der Waals surface area contributed by atoms with Crippen LogP contribution in [0.5, 0.6) is 0 Å². The van der Waals surface area contributed by atoms with Crippen molar-refractivity contribution in [2.45, 2.75) is 75.2 Å². The monoisotopic (exact) mass is 457 g/mol. The average molecular weight is 457 g/mol. The number of benzene rings is 1. The van der Waals surface area contributed by atoms with Gasteiger partial charge in [0.1, 0.15) is 11.8 Å². The number of rotatable bonds is 5. The Bertz CT molecular complexity index is 1050. The zero-order chi connectivity index (χ0) is 23.8. The molecule has 0 radical (unpaired) electrons. The molecule has 1 aromatic heterocycles. The summed E-state index contributed by atoms with van der Waals surface area (Å²) in [6.07, 6.45) is 1.93. The van der Waals surface area contributed by atoms with Gasteiger partial charge in [-0.15, -0.1) is 0 Å². The second-order valence-corrected chi connectivity index (χ2v) is 9.15. The van der Waals surface area contributed by atoms with Crippen LogP contribution in [-0.4, -0.2) is 39.2 Å². The molecule has 33 heavy (non-hydrogen) atoms. The van der Waals surface area contributed by atoms with E-state index in [9.17, 15) is 28.3 Å². The average Bonchev–Trinajstić information content (AvgIpc) is 3.64. The molecule has 1 N–H and O–H groups in total. The molecule has 0 bridgehead atoms. The Kier molecular flexibility index (Phi) is 6.19. The molecule has 1 heterocycles. The van der Waals surface area contributed by atoms with Gasteiger partial charge in [0.05, 0.1) is 0 Å². The Morgan fingerprint density at radius 2 is 1.64 bits per heavy atom. The Morgan fingerprint density at radius 3 is 2.15 bits per heavy atom. The highest BCUT2D eigenvalue weighted by molar-refractivity contribution is 5.95. The molecule has 0 aliphatic heterocycles. The van der Waals surface area contributed by atoms with Crippen molar-refractivity contribution in [1.29, 1.82) is 5.26 Å². The van der Waals surface area contributed by atoms with Crippen molar-refractivity contribution in [1.82, 2.24) is 9.88 Å². The molecule has 1 aromatic carbocycles. The summed E-state index contributed by atoms with van der Waals surface area (Å²) < 4.78 is 39.4. The number of nitrogens with zero attached hydrogens (tertiary/aromatic N) is 3. The van der Waals surface area contributed by atoms with Crippen molar-refractivity contribution >= 4 is 5.91 Å². The predicted molar refractivity (Wildman–Crippen MR) is 115 cm³/mol. The van der Waals surface area contributed by atoms with Crippen LogP contribution in [0.1, 0.15) is 78.5 Å². The fourth-order valence-corrected chi connectivity index (χ4v) is 4.74. The minimum absolute atomic E-state index is 0.0569. The number of hydrogen-bond acceptors (Lipinski definition) is 4. The third-order valence-electron chi connectivity index (χ3n) is 6.90. The van der Waals surface area contributed by atoms with Crippen LogP contribution in [0, 0.1) is 11.3 Å². The van der Waals surface area contributed by atoms with Crippen LogP contribution >= 0.6 is 0 Å². The van der Waals surface area contributed by atoms with Gasteiger partial charge in [0.15, 0.2) is 5.60 Å². The van der Waals surface area contributed by atoms with E-state index in [1.807, 2.05) is 17.0 Å². The molecule has 1 atom stereocenters. The highest BCUT2D eigenvalue weighted by Crippen LogP contribution is 2.41. The van der Waals surface area contributed by atoms with Crippen molar-refractivity contribution in [2.75, 3.05) is 0 Å². The number of halogens is 3.